The van der Waals surface area contributed by atoms with Crippen molar-refractivity contribution in [2.45, 2.75) is 0 Å². The van der Waals surface area contributed by atoms with E-state index in [0.29, 0.717) is 0 Å². The molecule has 0 atom stereocenters. The van der Waals surface area contributed by atoms with Crippen molar-refractivity contribution in [3.63, 3.8) is 0 Å². The minimum absolute atomic E-state index is 0.187. The van der Waals surface area contributed by atoms with Crippen LogP contribution >= 0.6 is 12.2 Å². The van der Waals surface area contributed by atoms with Gasteiger partial charge in [0.2, 0.25) is 20.0 Å². The maximum atomic E-state index is 11.0. The lowest BCUT2D eigenvalue weighted by atomic mass is 10.8. The van der Waals surface area contributed by atoms with Crippen molar-refractivity contribution in [2.75, 3.05) is 18.1 Å². The van der Waals surface area contributed by atoms with Crippen molar-refractivity contribution in [1.82, 2.24) is 4.72 Å². The molecular formula is C4H11N3O4S3. The number of rotatable bonds is 6. The van der Waals surface area contributed by atoms with Crippen molar-refractivity contribution in [3.8, 4) is 0 Å². The van der Waals surface area contributed by atoms with E-state index in [9.17, 15) is 16.8 Å². The lowest BCUT2D eigenvalue weighted by Gasteiger charge is -2.04. The Morgan fingerprint density at radius 1 is 1.29 bits per heavy atom. The van der Waals surface area contributed by atoms with Crippen LogP contribution in [0.25, 0.3) is 0 Å². The van der Waals surface area contributed by atoms with Gasteiger partial charge >= 0.3 is 0 Å². The molecule has 0 aliphatic rings. The second-order valence-corrected chi connectivity index (χ2v) is 6.55. The van der Waals surface area contributed by atoms with Gasteiger partial charge in [0.1, 0.15) is 5.75 Å². The van der Waals surface area contributed by atoms with E-state index in [0.717, 1.165) is 0 Å². The van der Waals surface area contributed by atoms with Gasteiger partial charge in [-0.25, -0.2) is 26.7 Å². The van der Waals surface area contributed by atoms with Gasteiger partial charge in [-0.1, -0.05) is 12.2 Å². The van der Waals surface area contributed by atoms with Crippen LogP contribution in [-0.2, 0) is 20.0 Å². The van der Waals surface area contributed by atoms with Crippen LogP contribution in [0, 0.1) is 0 Å². The van der Waals surface area contributed by atoms with E-state index in [-0.39, 0.29) is 11.5 Å². The highest BCUT2D eigenvalue weighted by atomic mass is 32.2. The van der Waals surface area contributed by atoms with Crippen molar-refractivity contribution in [3.05, 3.63) is 0 Å². The highest BCUT2D eigenvalue weighted by Crippen LogP contribution is 1.85. The molecule has 0 amide bonds. The van der Waals surface area contributed by atoms with Crippen molar-refractivity contribution >= 4 is 37.3 Å². The van der Waals surface area contributed by atoms with E-state index in [4.69, 9.17) is 5.73 Å². The Labute approximate surface area is 87.9 Å². The van der Waals surface area contributed by atoms with Gasteiger partial charge in [-0.05, 0) is 0 Å². The van der Waals surface area contributed by atoms with E-state index >= 15 is 0 Å². The summed E-state index contributed by atoms with van der Waals surface area (Å²) in [7, 11) is -7.31. The molecule has 0 bridgehead atoms. The fraction of sp³-hybridized carbons (Fsp3) is 0.750. The standard InChI is InChI=1S/C4H11N3O4S3/c5-4(12)3-14(10,11)7-1-2-13(6,8)9/h7H,1-3H2,(H2,5,12)(H2,6,8,9). The Bertz CT molecular complexity index is 398. The average Bonchev–Trinajstić information content (AvgIpc) is 1.78. The van der Waals surface area contributed by atoms with Gasteiger partial charge in [-0.2, -0.15) is 0 Å². The molecule has 0 saturated heterocycles. The minimum Gasteiger partial charge on any atom is -0.392 e. The maximum absolute atomic E-state index is 11.0. The lowest BCUT2D eigenvalue weighted by molar-refractivity contribution is 0.585. The number of hydrogen-bond acceptors (Lipinski definition) is 5. The Kier molecular flexibility index (Phi) is 4.88. The molecule has 84 valence electrons. The fourth-order valence-corrected chi connectivity index (χ4v) is 2.45. The zero-order valence-corrected chi connectivity index (χ0v) is 9.58. The summed E-state index contributed by atoms with van der Waals surface area (Å²) in [5, 5.41) is 4.65. The largest absolute Gasteiger partial charge is 0.392 e. The van der Waals surface area contributed by atoms with Gasteiger partial charge in [-0.15, -0.1) is 0 Å². The van der Waals surface area contributed by atoms with E-state index in [2.05, 4.69) is 17.4 Å². The van der Waals surface area contributed by atoms with E-state index in [1.54, 1.807) is 0 Å². The molecular weight excluding hydrogens is 250 g/mol. The van der Waals surface area contributed by atoms with Crippen LogP contribution in [-0.4, -0.2) is 39.9 Å². The summed E-state index contributed by atoms with van der Waals surface area (Å²) in [6.07, 6.45) is 0. The molecule has 14 heavy (non-hydrogen) atoms. The molecule has 0 aromatic carbocycles. The summed E-state index contributed by atoms with van der Waals surface area (Å²) in [4.78, 5) is -0.187. The normalized spacial score (nSPS) is 12.6. The smallest absolute Gasteiger partial charge is 0.218 e. The Balaban J connectivity index is 4.08. The SMILES string of the molecule is NC(=S)CS(=O)(=O)NCCS(N)(=O)=O. The van der Waals surface area contributed by atoms with E-state index in [1.807, 2.05) is 4.72 Å². The molecule has 10 heteroatoms. The lowest BCUT2D eigenvalue weighted by Crippen LogP contribution is -2.36. The third kappa shape index (κ3) is 8.31. The number of nitrogens with one attached hydrogen (secondary N) is 1. The monoisotopic (exact) mass is 261 g/mol. The summed E-state index contributed by atoms with van der Waals surface area (Å²) in [5.41, 5.74) is 5.01. The quantitative estimate of drug-likeness (QED) is 0.452. The maximum Gasteiger partial charge on any atom is 0.218 e. The van der Waals surface area contributed by atoms with Gasteiger partial charge in [0.15, 0.2) is 0 Å². The highest BCUT2D eigenvalue weighted by molar-refractivity contribution is 7.92. The van der Waals surface area contributed by atoms with Gasteiger partial charge in [0, 0.05) is 6.54 Å². The molecule has 0 aliphatic carbocycles. The minimum atomic E-state index is -3.67. The number of nitrogens with two attached hydrogens (primary N) is 2. The topological polar surface area (TPSA) is 132 Å². The number of hydrogen-bond donors (Lipinski definition) is 3. The molecule has 0 aromatic heterocycles. The zero-order chi connectivity index (χ0) is 11.4. The molecule has 0 rings (SSSR count). The summed E-state index contributed by atoms with van der Waals surface area (Å²) in [5.74, 6) is -0.976. The number of primary sulfonamides is 1. The van der Waals surface area contributed by atoms with Crippen LogP contribution < -0.4 is 15.6 Å². The number of sulfonamides is 2. The summed E-state index contributed by atoms with van der Waals surface area (Å²) >= 11 is 4.38. The third-order valence-corrected chi connectivity index (χ3v) is 3.48. The molecule has 0 radical (unpaired) electrons. The van der Waals surface area contributed by atoms with Gasteiger partial charge in [-0.3, -0.25) is 0 Å². The summed E-state index contributed by atoms with van der Waals surface area (Å²) in [6.45, 7) is -0.288. The molecule has 0 unspecified atom stereocenters. The van der Waals surface area contributed by atoms with Gasteiger partial charge in [0.05, 0.1) is 10.7 Å². The van der Waals surface area contributed by atoms with Crippen LogP contribution in [0.5, 0.6) is 0 Å². The Hall–Kier alpha value is -0.290. The fourth-order valence-electron chi connectivity index (χ4n) is 0.578. The summed E-state index contributed by atoms with van der Waals surface area (Å²) in [6, 6.07) is 0. The van der Waals surface area contributed by atoms with Gasteiger partial charge in [0.25, 0.3) is 0 Å². The van der Waals surface area contributed by atoms with Crippen LogP contribution in [0.3, 0.4) is 0 Å². The second-order valence-electron chi connectivity index (χ2n) is 2.49. The van der Waals surface area contributed by atoms with E-state index < -0.39 is 31.6 Å². The second kappa shape index (κ2) is 4.98. The highest BCUT2D eigenvalue weighted by Gasteiger charge is 2.12. The van der Waals surface area contributed by atoms with Crippen LogP contribution in [0.15, 0.2) is 0 Å². The first-order chi connectivity index (χ1) is 6.12. The van der Waals surface area contributed by atoms with Crippen LogP contribution in [0.2, 0.25) is 0 Å². The summed E-state index contributed by atoms with van der Waals surface area (Å²) < 4.78 is 44.9. The van der Waals surface area contributed by atoms with Crippen molar-refractivity contribution in [1.29, 1.82) is 0 Å². The zero-order valence-electron chi connectivity index (χ0n) is 7.13. The third-order valence-electron chi connectivity index (χ3n) is 1.04. The first-order valence-corrected chi connectivity index (χ1v) is 7.16. The van der Waals surface area contributed by atoms with Crippen molar-refractivity contribution < 1.29 is 16.8 Å². The predicted molar refractivity (Wildman–Crippen MR) is 56.5 cm³/mol. The molecule has 0 fully saturated rings. The van der Waals surface area contributed by atoms with E-state index in [1.165, 1.54) is 0 Å². The van der Waals surface area contributed by atoms with Gasteiger partial charge < -0.3 is 5.73 Å². The molecule has 0 heterocycles. The predicted octanol–water partition coefficient (Wildman–Crippen LogP) is -2.52. The molecule has 0 aliphatic heterocycles. The molecule has 7 nitrogen and oxygen atoms in total. The van der Waals surface area contributed by atoms with Crippen molar-refractivity contribution in [2.24, 2.45) is 10.9 Å². The Morgan fingerprint density at radius 2 is 1.79 bits per heavy atom. The first-order valence-electron chi connectivity index (χ1n) is 3.38. The first kappa shape index (κ1) is 13.7. The average molecular weight is 261 g/mol. The molecule has 0 spiro atoms. The molecule has 0 saturated carbocycles. The van der Waals surface area contributed by atoms with Crippen LogP contribution in [0.4, 0.5) is 0 Å². The number of thiocarbonyl (C=S) groups is 1. The molecule has 0 aromatic rings. The Morgan fingerprint density at radius 3 is 2.14 bits per heavy atom. The molecule has 5 N–H and O–H groups in total. The van der Waals surface area contributed by atoms with Crippen LogP contribution in [0.1, 0.15) is 0 Å².